The summed E-state index contributed by atoms with van der Waals surface area (Å²) in [6, 6.07) is 9.63. The number of carbonyl (C=O) groups excluding carboxylic acids is 1. The summed E-state index contributed by atoms with van der Waals surface area (Å²) in [5.41, 5.74) is 1.99. The van der Waals surface area contributed by atoms with E-state index in [0.717, 1.165) is 11.3 Å². The van der Waals surface area contributed by atoms with Gasteiger partial charge >= 0.3 is 13.1 Å². The zero-order valence-electron chi connectivity index (χ0n) is 14.6. The Morgan fingerprint density at radius 2 is 1.96 bits per heavy atom. The molecule has 2 bridgehead atoms. The van der Waals surface area contributed by atoms with Gasteiger partial charge in [0.25, 0.3) is 5.91 Å². The molecular formula is C18H19BN2O6. The number of carboxylic acid groups (broad SMARTS) is 1. The molecular weight excluding hydrogens is 351 g/mol. The van der Waals surface area contributed by atoms with Crippen LogP contribution in [-0.2, 0) is 13.0 Å². The van der Waals surface area contributed by atoms with Gasteiger partial charge in [-0.05, 0) is 35.7 Å². The molecule has 2 aliphatic rings. The Hall–Kier alpha value is -3.04. The SMILES string of the molecule is CN1Cc2ccc1c(C(=O)N[C@@H](Cc1cccc(C(=O)O)c1O)B(O)O)c2. The van der Waals surface area contributed by atoms with Gasteiger partial charge in [-0.25, -0.2) is 4.79 Å². The molecule has 140 valence electrons. The Balaban J connectivity index is 1.82. The van der Waals surface area contributed by atoms with Gasteiger partial charge in [-0.1, -0.05) is 18.2 Å². The largest absolute Gasteiger partial charge is 0.507 e. The molecule has 0 fully saturated rings. The summed E-state index contributed by atoms with van der Waals surface area (Å²) in [6.45, 7) is 0.699. The summed E-state index contributed by atoms with van der Waals surface area (Å²) >= 11 is 0. The Bertz CT molecular complexity index is 901. The van der Waals surface area contributed by atoms with Crippen molar-refractivity contribution in [3.05, 3.63) is 58.7 Å². The average molecular weight is 370 g/mol. The van der Waals surface area contributed by atoms with Gasteiger partial charge < -0.3 is 30.5 Å². The van der Waals surface area contributed by atoms with Crippen LogP contribution in [0.25, 0.3) is 0 Å². The van der Waals surface area contributed by atoms with E-state index in [1.807, 2.05) is 24.1 Å². The first-order chi connectivity index (χ1) is 12.8. The number of nitrogens with one attached hydrogen (secondary N) is 1. The summed E-state index contributed by atoms with van der Waals surface area (Å²) in [6.07, 6.45) is -0.152. The second-order valence-electron chi connectivity index (χ2n) is 6.52. The number of aromatic hydroxyl groups is 1. The third-order valence-corrected chi connectivity index (χ3v) is 4.60. The maximum absolute atomic E-state index is 12.6. The number of benzene rings is 2. The molecule has 2 aromatic carbocycles. The van der Waals surface area contributed by atoms with Crippen molar-refractivity contribution in [3.8, 4) is 5.75 Å². The first-order valence-electron chi connectivity index (χ1n) is 8.33. The van der Waals surface area contributed by atoms with Crippen LogP contribution < -0.4 is 10.2 Å². The summed E-state index contributed by atoms with van der Waals surface area (Å²) in [4.78, 5) is 25.7. The minimum absolute atomic E-state index is 0.152. The number of amides is 1. The van der Waals surface area contributed by atoms with Crippen molar-refractivity contribution in [3.63, 3.8) is 0 Å². The lowest BCUT2D eigenvalue weighted by atomic mass is 9.75. The molecule has 27 heavy (non-hydrogen) atoms. The number of anilines is 1. The number of carbonyl (C=O) groups is 2. The third-order valence-electron chi connectivity index (χ3n) is 4.60. The molecule has 0 saturated heterocycles. The number of hydrogen-bond donors (Lipinski definition) is 5. The van der Waals surface area contributed by atoms with Gasteiger partial charge in [-0.2, -0.15) is 0 Å². The van der Waals surface area contributed by atoms with Crippen LogP contribution in [0.1, 0.15) is 31.8 Å². The molecule has 2 aliphatic heterocycles. The summed E-state index contributed by atoms with van der Waals surface area (Å²) in [7, 11) is -0.0402. The first-order valence-corrected chi connectivity index (χ1v) is 8.33. The van der Waals surface area contributed by atoms with Crippen molar-refractivity contribution in [1.29, 1.82) is 0 Å². The minimum Gasteiger partial charge on any atom is -0.507 e. The molecule has 0 saturated carbocycles. The number of hydrogen-bond acceptors (Lipinski definition) is 6. The highest BCUT2D eigenvalue weighted by Crippen LogP contribution is 2.29. The lowest BCUT2D eigenvalue weighted by Gasteiger charge is -2.29. The highest BCUT2D eigenvalue weighted by molar-refractivity contribution is 6.43. The number of para-hydroxylation sites is 1. The molecule has 4 rings (SSSR count). The number of nitrogens with zero attached hydrogens (tertiary/aromatic N) is 1. The number of fused-ring (bicyclic) bond motifs is 3. The van der Waals surface area contributed by atoms with Crippen LogP contribution in [0.4, 0.5) is 5.69 Å². The number of phenols is 1. The quantitative estimate of drug-likeness (QED) is 0.465. The van der Waals surface area contributed by atoms with E-state index in [1.54, 1.807) is 6.07 Å². The highest BCUT2D eigenvalue weighted by atomic mass is 16.4. The van der Waals surface area contributed by atoms with Gasteiger partial charge in [0.15, 0.2) is 0 Å². The van der Waals surface area contributed by atoms with E-state index in [9.17, 15) is 24.7 Å². The van der Waals surface area contributed by atoms with Gasteiger partial charge in [-0.15, -0.1) is 0 Å². The van der Waals surface area contributed by atoms with E-state index in [1.165, 1.54) is 18.2 Å². The molecule has 8 nitrogen and oxygen atoms in total. The number of rotatable bonds is 6. The molecule has 1 amide bonds. The second kappa shape index (κ2) is 7.30. The van der Waals surface area contributed by atoms with E-state index in [2.05, 4.69) is 5.32 Å². The summed E-state index contributed by atoms with van der Waals surface area (Å²) < 4.78 is 0. The van der Waals surface area contributed by atoms with Gasteiger partial charge in [0.1, 0.15) is 11.3 Å². The van der Waals surface area contributed by atoms with E-state index >= 15 is 0 Å². The van der Waals surface area contributed by atoms with E-state index in [0.29, 0.717) is 12.1 Å². The average Bonchev–Trinajstić information content (AvgIpc) is 2.62. The molecule has 2 heterocycles. The smallest absolute Gasteiger partial charge is 0.475 e. The molecule has 0 aliphatic carbocycles. The van der Waals surface area contributed by atoms with Crippen molar-refractivity contribution in [2.24, 2.45) is 0 Å². The third kappa shape index (κ3) is 3.74. The number of carboxylic acids is 1. The fraction of sp³-hybridized carbons (Fsp3) is 0.222. The predicted molar refractivity (Wildman–Crippen MR) is 98.8 cm³/mol. The van der Waals surface area contributed by atoms with E-state index < -0.39 is 30.7 Å². The Labute approximate surface area is 155 Å². The maximum atomic E-state index is 12.6. The van der Waals surface area contributed by atoms with Crippen molar-refractivity contribution < 1.29 is 29.9 Å². The van der Waals surface area contributed by atoms with Crippen LogP contribution in [0, 0.1) is 0 Å². The van der Waals surface area contributed by atoms with Crippen molar-refractivity contribution >= 4 is 24.7 Å². The fourth-order valence-corrected chi connectivity index (χ4v) is 3.20. The maximum Gasteiger partial charge on any atom is 0.475 e. The topological polar surface area (TPSA) is 130 Å². The fourth-order valence-electron chi connectivity index (χ4n) is 3.20. The summed E-state index contributed by atoms with van der Waals surface area (Å²) in [5, 5.41) is 41.1. The monoisotopic (exact) mass is 370 g/mol. The van der Waals surface area contributed by atoms with Gasteiger partial charge in [0.2, 0.25) is 0 Å². The van der Waals surface area contributed by atoms with Gasteiger partial charge in [0, 0.05) is 19.3 Å². The predicted octanol–water partition coefficient (Wildman–Crippen LogP) is 0.393. The Kier molecular flexibility index (Phi) is 5.07. The minimum atomic E-state index is -1.89. The molecule has 2 aromatic rings. The summed E-state index contributed by atoms with van der Waals surface area (Å²) in [5.74, 6) is -3.38. The van der Waals surface area contributed by atoms with E-state index in [-0.39, 0.29) is 17.5 Å². The normalized spacial score (nSPS) is 13.4. The molecule has 0 aromatic heterocycles. The molecule has 1 atom stereocenters. The Morgan fingerprint density at radius 3 is 2.56 bits per heavy atom. The van der Waals surface area contributed by atoms with Crippen LogP contribution in [0.3, 0.4) is 0 Å². The molecule has 0 radical (unpaired) electrons. The first kappa shape index (κ1) is 18.7. The zero-order valence-corrected chi connectivity index (χ0v) is 14.6. The molecule has 5 N–H and O–H groups in total. The molecule has 9 heteroatoms. The number of aromatic carboxylic acids is 1. The van der Waals surface area contributed by atoms with Crippen molar-refractivity contribution in [2.75, 3.05) is 11.9 Å². The van der Waals surface area contributed by atoms with Crippen molar-refractivity contribution in [1.82, 2.24) is 5.32 Å². The van der Waals surface area contributed by atoms with Gasteiger partial charge in [0.05, 0.1) is 11.5 Å². The second-order valence-corrected chi connectivity index (χ2v) is 6.52. The van der Waals surface area contributed by atoms with Crippen LogP contribution >= 0.6 is 0 Å². The van der Waals surface area contributed by atoms with Crippen molar-refractivity contribution in [2.45, 2.75) is 18.9 Å². The van der Waals surface area contributed by atoms with Gasteiger partial charge in [-0.3, -0.25) is 4.79 Å². The highest BCUT2D eigenvalue weighted by Gasteiger charge is 2.29. The van der Waals surface area contributed by atoms with Crippen LogP contribution in [-0.4, -0.2) is 52.2 Å². The molecule has 0 spiro atoms. The lowest BCUT2D eigenvalue weighted by Crippen LogP contribution is -2.48. The zero-order chi connectivity index (χ0) is 19.7. The van der Waals surface area contributed by atoms with Crippen LogP contribution in [0.15, 0.2) is 36.4 Å². The Morgan fingerprint density at radius 1 is 1.22 bits per heavy atom. The standard InChI is InChI=1S/C18H19BN2O6/c1-21-9-10-5-6-14(21)13(7-10)17(23)20-15(19(26)27)8-11-3-2-4-12(16(11)22)18(24)25/h2-7,15,22,26-27H,8-9H2,1H3,(H,20,23)(H,24,25)/t15-/m0/s1. The van der Waals surface area contributed by atoms with E-state index in [4.69, 9.17) is 5.11 Å². The van der Waals surface area contributed by atoms with Crippen LogP contribution in [0.2, 0.25) is 0 Å². The lowest BCUT2D eigenvalue weighted by molar-refractivity contribution is 0.0693. The van der Waals surface area contributed by atoms with Crippen LogP contribution in [0.5, 0.6) is 5.75 Å². The molecule has 0 unspecified atom stereocenters.